The predicted octanol–water partition coefficient (Wildman–Crippen LogP) is 3.44. The maximum absolute atomic E-state index is 13.7. The minimum Gasteiger partial charge on any atom is -0.405 e. The van der Waals surface area contributed by atoms with Crippen LogP contribution in [0.4, 0.5) is 4.39 Å². The van der Waals surface area contributed by atoms with E-state index in [-0.39, 0.29) is 5.82 Å². The molecule has 0 spiro atoms. The van der Waals surface area contributed by atoms with Gasteiger partial charge in [-0.2, -0.15) is 0 Å². The van der Waals surface area contributed by atoms with Gasteiger partial charge in [0.25, 0.3) is 0 Å². The lowest BCUT2D eigenvalue weighted by Gasteiger charge is -2.12. The fourth-order valence-electron chi connectivity index (χ4n) is 2.98. The zero-order valence-corrected chi connectivity index (χ0v) is 13.8. The third kappa shape index (κ3) is 3.35. The Labute approximate surface area is 141 Å². The Morgan fingerprint density at radius 3 is 2.88 bits per heavy atom. The van der Waals surface area contributed by atoms with E-state index in [1.165, 1.54) is 18.5 Å². The Morgan fingerprint density at radius 2 is 2.08 bits per heavy atom. The fourth-order valence-corrected chi connectivity index (χ4v) is 2.98. The molecule has 5 heteroatoms. The molecule has 1 aliphatic heterocycles. The highest BCUT2D eigenvalue weighted by Crippen LogP contribution is 2.27. The van der Waals surface area contributed by atoms with E-state index < -0.39 is 0 Å². The first-order valence-electron chi connectivity index (χ1n) is 8.29. The summed E-state index contributed by atoms with van der Waals surface area (Å²) < 4.78 is 13.7. The minimum atomic E-state index is -0.337. The van der Waals surface area contributed by atoms with Crippen LogP contribution in [0.25, 0.3) is 11.1 Å². The Hall–Kier alpha value is -2.56. The van der Waals surface area contributed by atoms with Crippen molar-refractivity contribution in [3.63, 3.8) is 0 Å². The number of aliphatic imine (C=N–C) groups is 1. The first-order valence-corrected chi connectivity index (χ1v) is 8.29. The molecule has 2 N–H and O–H groups in total. The van der Waals surface area contributed by atoms with Crippen LogP contribution < -0.4 is 5.73 Å². The van der Waals surface area contributed by atoms with Crippen molar-refractivity contribution in [1.82, 2.24) is 9.97 Å². The van der Waals surface area contributed by atoms with Gasteiger partial charge in [-0.15, -0.1) is 0 Å². The van der Waals surface area contributed by atoms with Crippen molar-refractivity contribution in [3.8, 4) is 11.1 Å². The molecular weight excluding hydrogens is 303 g/mol. The highest BCUT2D eigenvalue weighted by Gasteiger charge is 2.16. The van der Waals surface area contributed by atoms with E-state index in [2.05, 4.69) is 21.9 Å². The van der Waals surface area contributed by atoms with E-state index >= 15 is 0 Å². The molecule has 3 heterocycles. The summed E-state index contributed by atoms with van der Waals surface area (Å²) in [6.07, 6.45) is 9.97. The molecule has 24 heavy (non-hydrogen) atoms. The average molecular weight is 324 g/mol. The molecule has 0 radical (unpaired) electrons. The molecule has 0 saturated carbocycles. The number of aromatic nitrogens is 2. The summed E-state index contributed by atoms with van der Waals surface area (Å²) in [6.45, 7) is 2.84. The van der Waals surface area contributed by atoms with Crippen molar-refractivity contribution in [2.24, 2.45) is 10.7 Å². The predicted molar refractivity (Wildman–Crippen MR) is 94.5 cm³/mol. The normalized spacial score (nSPS) is 14.3. The molecule has 2 aromatic rings. The largest absolute Gasteiger partial charge is 0.405 e. The van der Waals surface area contributed by atoms with Crippen molar-refractivity contribution >= 4 is 5.71 Å². The van der Waals surface area contributed by atoms with E-state index in [4.69, 9.17) is 5.73 Å². The molecule has 0 aromatic carbocycles. The van der Waals surface area contributed by atoms with Crippen LogP contribution in [0.1, 0.15) is 36.7 Å². The van der Waals surface area contributed by atoms with Crippen molar-refractivity contribution in [1.29, 1.82) is 0 Å². The second-order valence-corrected chi connectivity index (χ2v) is 5.85. The van der Waals surface area contributed by atoms with E-state index in [0.29, 0.717) is 0 Å². The number of allylic oxidation sites excluding steroid dienone is 1. The second-order valence-electron chi connectivity index (χ2n) is 5.85. The highest BCUT2D eigenvalue weighted by molar-refractivity contribution is 6.10. The Kier molecular flexibility index (Phi) is 4.99. The van der Waals surface area contributed by atoms with Crippen LogP contribution in [0.3, 0.4) is 0 Å². The van der Waals surface area contributed by atoms with Gasteiger partial charge in [0.15, 0.2) is 0 Å². The number of hydrogen-bond acceptors (Lipinski definition) is 4. The number of aryl methyl sites for hydroxylation is 2. The number of nitrogens with zero attached hydrogens (tertiary/aromatic N) is 3. The number of rotatable bonds is 4. The topological polar surface area (TPSA) is 64.2 Å². The first kappa shape index (κ1) is 16.3. The standard InChI is InChI=1S/C19H21FN4/c1-2-4-17-15(10-14(20)12-24-17)13-9-16-18(23-11-13)5-3-8-22-19(16)6-7-21/h6-7,9-12H,2-5,8,21H2,1H3. The van der Waals surface area contributed by atoms with Gasteiger partial charge in [-0.1, -0.05) is 13.3 Å². The fraction of sp³-hybridized carbons (Fsp3) is 0.316. The molecule has 0 aliphatic carbocycles. The number of nitrogens with two attached hydrogens (primary N) is 1. The molecule has 2 aromatic heterocycles. The number of fused-ring (bicyclic) bond motifs is 1. The summed E-state index contributed by atoms with van der Waals surface area (Å²) in [5.41, 5.74) is 10.9. The Morgan fingerprint density at radius 1 is 1.21 bits per heavy atom. The maximum Gasteiger partial charge on any atom is 0.142 e. The molecule has 0 saturated heterocycles. The van der Waals surface area contributed by atoms with Crippen LogP contribution in [0, 0.1) is 5.82 Å². The molecular formula is C19H21FN4. The average Bonchev–Trinajstić information content (AvgIpc) is 2.79. The number of hydrogen-bond donors (Lipinski definition) is 1. The lowest BCUT2D eigenvalue weighted by molar-refractivity contribution is 0.619. The van der Waals surface area contributed by atoms with E-state index in [0.717, 1.165) is 66.0 Å². The zero-order valence-electron chi connectivity index (χ0n) is 13.8. The van der Waals surface area contributed by atoms with Gasteiger partial charge in [0.05, 0.1) is 11.9 Å². The van der Waals surface area contributed by atoms with Crippen molar-refractivity contribution in [3.05, 3.63) is 59.6 Å². The third-order valence-electron chi connectivity index (χ3n) is 4.09. The molecule has 4 nitrogen and oxygen atoms in total. The monoisotopic (exact) mass is 324 g/mol. The molecule has 0 amide bonds. The molecule has 0 fully saturated rings. The molecule has 124 valence electrons. The van der Waals surface area contributed by atoms with Crippen LogP contribution in [0.5, 0.6) is 0 Å². The van der Waals surface area contributed by atoms with Crippen LogP contribution >= 0.6 is 0 Å². The van der Waals surface area contributed by atoms with Crippen LogP contribution in [0.15, 0.2) is 41.8 Å². The van der Waals surface area contributed by atoms with E-state index in [1.54, 1.807) is 6.08 Å². The minimum absolute atomic E-state index is 0.337. The summed E-state index contributed by atoms with van der Waals surface area (Å²) in [5.74, 6) is -0.337. The Bertz CT molecular complexity index is 796. The smallest absolute Gasteiger partial charge is 0.142 e. The maximum atomic E-state index is 13.7. The summed E-state index contributed by atoms with van der Waals surface area (Å²) >= 11 is 0. The molecule has 3 rings (SSSR count). The summed E-state index contributed by atoms with van der Waals surface area (Å²) in [7, 11) is 0. The van der Waals surface area contributed by atoms with Gasteiger partial charge in [-0.3, -0.25) is 15.0 Å². The van der Waals surface area contributed by atoms with Crippen LogP contribution in [-0.4, -0.2) is 22.2 Å². The summed E-state index contributed by atoms with van der Waals surface area (Å²) in [4.78, 5) is 13.5. The van der Waals surface area contributed by atoms with Gasteiger partial charge in [0, 0.05) is 40.8 Å². The van der Waals surface area contributed by atoms with Gasteiger partial charge < -0.3 is 5.73 Å². The third-order valence-corrected chi connectivity index (χ3v) is 4.09. The van der Waals surface area contributed by atoms with Gasteiger partial charge in [0.1, 0.15) is 5.82 Å². The molecule has 0 atom stereocenters. The first-order chi connectivity index (χ1) is 11.7. The molecule has 1 aliphatic rings. The number of pyridine rings is 2. The van der Waals surface area contributed by atoms with Crippen LogP contribution in [-0.2, 0) is 12.8 Å². The van der Waals surface area contributed by atoms with Crippen molar-refractivity contribution in [2.45, 2.75) is 32.6 Å². The summed E-state index contributed by atoms with van der Waals surface area (Å²) in [6, 6.07) is 3.57. The zero-order chi connectivity index (χ0) is 16.9. The Balaban J connectivity index is 2.13. The summed E-state index contributed by atoms with van der Waals surface area (Å²) in [5, 5.41) is 0. The molecule has 0 bridgehead atoms. The van der Waals surface area contributed by atoms with Gasteiger partial charge >= 0.3 is 0 Å². The quantitative estimate of drug-likeness (QED) is 0.937. The van der Waals surface area contributed by atoms with Gasteiger partial charge in [-0.05, 0) is 43.7 Å². The van der Waals surface area contributed by atoms with Gasteiger partial charge in [0.2, 0.25) is 0 Å². The van der Waals surface area contributed by atoms with E-state index in [9.17, 15) is 4.39 Å². The lowest BCUT2D eigenvalue weighted by Crippen LogP contribution is -2.05. The van der Waals surface area contributed by atoms with Gasteiger partial charge in [-0.25, -0.2) is 4.39 Å². The van der Waals surface area contributed by atoms with Crippen molar-refractivity contribution < 1.29 is 4.39 Å². The second kappa shape index (κ2) is 7.34. The van der Waals surface area contributed by atoms with Crippen molar-refractivity contribution in [2.75, 3.05) is 6.54 Å². The number of halogens is 1. The van der Waals surface area contributed by atoms with E-state index in [1.807, 2.05) is 12.3 Å². The molecule has 0 unspecified atom stereocenters. The van der Waals surface area contributed by atoms with Crippen LogP contribution in [0.2, 0.25) is 0 Å². The SMILES string of the molecule is CCCc1ncc(F)cc1-c1cnc2c(c1)C(C=CN)=NCCC2. The lowest BCUT2D eigenvalue weighted by atomic mass is 9.98. The highest BCUT2D eigenvalue weighted by atomic mass is 19.1.